The molecule has 0 saturated carbocycles. The first-order chi connectivity index (χ1) is 7.93. The van der Waals surface area contributed by atoms with Crippen molar-refractivity contribution in [2.75, 3.05) is 0 Å². The number of benzene rings is 1. The number of halogens is 1. The minimum atomic E-state index is -0.875. The number of hydrogen-bond donors (Lipinski definition) is 1. The van der Waals surface area contributed by atoms with E-state index >= 15 is 0 Å². The van der Waals surface area contributed by atoms with Gasteiger partial charge in [-0.05, 0) is 37.6 Å². The van der Waals surface area contributed by atoms with Gasteiger partial charge in [0.25, 0.3) is 0 Å². The van der Waals surface area contributed by atoms with Gasteiger partial charge in [-0.1, -0.05) is 0 Å². The maximum atomic E-state index is 13.2. The summed E-state index contributed by atoms with van der Waals surface area (Å²) in [6.45, 7) is 3.47. The van der Waals surface area contributed by atoms with Gasteiger partial charge in [0.1, 0.15) is 5.82 Å². The van der Waals surface area contributed by atoms with Crippen molar-refractivity contribution in [3.05, 3.63) is 35.3 Å². The fourth-order valence-electron chi connectivity index (χ4n) is 2.35. The monoisotopic (exact) mass is 235 g/mol. The molecule has 90 valence electrons. The molecule has 1 heterocycles. The third-order valence-electron chi connectivity index (χ3n) is 3.25. The Balaban J connectivity index is 2.77. The third kappa shape index (κ3) is 1.69. The summed E-state index contributed by atoms with van der Waals surface area (Å²) in [4.78, 5) is 11.1. The fourth-order valence-corrected chi connectivity index (χ4v) is 2.35. The summed E-state index contributed by atoms with van der Waals surface area (Å²) < 4.78 is 15.0. The molecule has 2 rings (SSSR count). The van der Waals surface area contributed by atoms with E-state index in [-0.39, 0.29) is 5.82 Å². The highest BCUT2D eigenvalue weighted by Gasteiger charge is 2.22. The lowest BCUT2D eigenvalue weighted by atomic mass is 10.0. The van der Waals surface area contributed by atoms with Gasteiger partial charge in [0.15, 0.2) is 0 Å². The van der Waals surface area contributed by atoms with Crippen molar-refractivity contribution in [3.63, 3.8) is 0 Å². The van der Waals surface area contributed by atoms with E-state index in [0.717, 1.165) is 22.2 Å². The van der Waals surface area contributed by atoms with Gasteiger partial charge in [-0.2, -0.15) is 0 Å². The summed E-state index contributed by atoms with van der Waals surface area (Å²) in [6.07, 6.45) is 0. The second-order valence-electron chi connectivity index (χ2n) is 4.29. The molecular formula is C13H14FNO2. The Hall–Kier alpha value is -1.84. The lowest BCUT2D eigenvalue weighted by molar-refractivity contribution is -0.138. The predicted octanol–water partition coefficient (Wildman–Crippen LogP) is 2.81. The van der Waals surface area contributed by atoms with E-state index in [0.29, 0.717) is 0 Å². The quantitative estimate of drug-likeness (QED) is 0.869. The molecule has 0 saturated heterocycles. The topological polar surface area (TPSA) is 42.2 Å². The largest absolute Gasteiger partial charge is 0.481 e. The summed E-state index contributed by atoms with van der Waals surface area (Å²) in [7, 11) is 1.81. The Labute approximate surface area is 98.5 Å². The number of aromatic nitrogens is 1. The van der Waals surface area contributed by atoms with Crippen molar-refractivity contribution in [2.24, 2.45) is 7.05 Å². The van der Waals surface area contributed by atoms with E-state index in [2.05, 4.69) is 0 Å². The molecule has 1 aromatic carbocycles. The number of fused-ring (bicyclic) bond motifs is 1. The van der Waals surface area contributed by atoms with E-state index in [4.69, 9.17) is 5.11 Å². The first-order valence-electron chi connectivity index (χ1n) is 5.40. The highest BCUT2D eigenvalue weighted by molar-refractivity contribution is 5.88. The molecule has 0 spiro atoms. The molecule has 2 aromatic rings. The van der Waals surface area contributed by atoms with E-state index in [1.165, 1.54) is 12.1 Å². The molecule has 3 nitrogen and oxygen atoms in total. The standard InChI is InChI=1S/C13H14FNO2/c1-7-10-6-9(14)4-5-11(10)15(3)12(7)8(2)13(16)17/h4-6,8H,1-3H3,(H,16,17). The summed E-state index contributed by atoms with van der Waals surface area (Å²) in [6, 6.07) is 4.51. The highest BCUT2D eigenvalue weighted by atomic mass is 19.1. The van der Waals surface area contributed by atoms with Crippen molar-refractivity contribution in [1.82, 2.24) is 4.57 Å². The van der Waals surface area contributed by atoms with Crippen LogP contribution in [0.3, 0.4) is 0 Å². The fraction of sp³-hybridized carbons (Fsp3) is 0.308. The molecule has 0 fully saturated rings. The second-order valence-corrected chi connectivity index (χ2v) is 4.29. The van der Waals surface area contributed by atoms with Crippen molar-refractivity contribution in [3.8, 4) is 0 Å². The molecule has 0 bridgehead atoms. The summed E-state index contributed by atoms with van der Waals surface area (Å²) >= 11 is 0. The number of aryl methyl sites for hydroxylation is 2. The Bertz CT molecular complexity index is 601. The zero-order chi connectivity index (χ0) is 12.7. The number of aliphatic carboxylic acids is 1. The number of carbonyl (C=O) groups is 1. The van der Waals surface area contributed by atoms with Crippen LogP contribution in [0.15, 0.2) is 18.2 Å². The van der Waals surface area contributed by atoms with Gasteiger partial charge < -0.3 is 9.67 Å². The Kier molecular flexibility index (Phi) is 2.65. The van der Waals surface area contributed by atoms with Crippen molar-refractivity contribution >= 4 is 16.9 Å². The number of nitrogens with zero attached hydrogens (tertiary/aromatic N) is 1. The molecule has 1 N–H and O–H groups in total. The van der Waals surface area contributed by atoms with Gasteiger partial charge in [0.05, 0.1) is 5.92 Å². The van der Waals surface area contributed by atoms with Crippen LogP contribution in [0.4, 0.5) is 4.39 Å². The summed E-state index contributed by atoms with van der Waals surface area (Å²) in [5, 5.41) is 9.85. The van der Waals surface area contributed by atoms with E-state index < -0.39 is 11.9 Å². The molecule has 17 heavy (non-hydrogen) atoms. The zero-order valence-corrected chi connectivity index (χ0v) is 9.99. The van der Waals surface area contributed by atoms with E-state index in [9.17, 15) is 9.18 Å². The lowest BCUT2D eigenvalue weighted by Gasteiger charge is -2.09. The number of rotatable bonds is 2. The van der Waals surface area contributed by atoms with Crippen molar-refractivity contribution in [1.29, 1.82) is 0 Å². The SMILES string of the molecule is Cc1c(C(C)C(=O)O)n(C)c2ccc(F)cc12. The zero-order valence-electron chi connectivity index (χ0n) is 9.99. The Morgan fingerprint density at radius 1 is 1.47 bits per heavy atom. The molecule has 0 radical (unpaired) electrons. The third-order valence-corrected chi connectivity index (χ3v) is 3.25. The molecule has 1 aromatic heterocycles. The molecule has 0 aliphatic carbocycles. The Morgan fingerprint density at radius 2 is 2.12 bits per heavy atom. The van der Waals surface area contributed by atoms with Crippen LogP contribution in [0, 0.1) is 12.7 Å². The summed E-state index contributed by atoms with van der Waals surface area (Å²) in [5.41, 5.74) is 2.40. The minimum absolute atomic E-state index is 0.305. The first-order valence-corrected chi connectivity index (χ1v) is 5.40. The molecule has 0 amide bonds. The molecule has 0 aliphatic rings. The van der Waals surface area contributed by atoms with Crippen molar-refractivity contribution in [2.45, 2.75) is 19.8 Å². The predicted molar refractivity (Wildman–Crippen MR) is 63.7 cm³/mol. The maximum Gasteiger partial charge on any atom is 0.312 e. The normalized spacial score (nSPS) is 12.9. The maximum absolute atomic E-state index is 13.2. The molecular weight excluding hydrogens is 221 g/mol. The van der Waals surface area contributed by atoms with Crippen LogP contribution in [0.25, 0.3) is 10.9 Å². The van der Waals surface area contributed by atoms with E-state index in [1.807, 2.05) is 18.5 Å². The van der Waals surface area contributed by atoms with Crippen LogP contribution >= 0.6 is 0 Å². The van der Waals surface area contributed by atoms with Gasteiger partial charge in [0.2, 0.25) is 0 Å². The number of hydrogen-bond acceptors (Lipinski definition) is 1. The molecule has 0 aliphatic heterocycles. The lowest BCUT2D eigenvalue weighted by Crippen LogP contribution is -2.12. The molecule has 1 unspecified atom stereocenters. The van der Waals surface area contributed by atoms with Gasteiger partial charge in [0, 0.05) is 23.6 Å². The van der Waals surface area contributed by atoms with Crippen LogP contribution < -0.4 is 0 Å². The van der Waals surface area contributed by atoms with Crippen molar-refractivity contribution < 1.29 is 14.3 Å². The van der Waals surface area contributed by atoms with E-state index in [1.54, 1.807) is 13.0 Å². The first kappa shape index (κ1) is 11.6. The number of carboxylic acids is 1. The minimum Gasteiger partial charge on any atom is -0.481 e. The molecule has 4 heteroatoms. The van der Waals surface area contributed by atoms with Crippen LogP contribution in [-0.4, -0.2) is 15.6 Å². The average molecular weight is 235 g/mol. The Morgan fingerprint density at radius 3 is 2.71 bits per heavy atom. The van der Waals surface area contributed by atoms with Crippen LogP contribution in [0.1, 0.15) is 24.1 Å². The van der Waals surface area contributed by atoms with Crippen LogP contribution in [0.2, 0.25) is 0 Å². The smallest absolute Gasteiger partial charge is 0.312 e. The van der Waals surface area contributed by atoms with Crippen LogP contribution in [0.5, 0.6) is 0 Å². The average Bonchev–Trinajstić information content (AvgIpc) is 2.50. The van der Waals surface area contributed by atoms with Gasteiger partial charge in [-0.25, -0.2) is 4.39 Å². The second kappa shape index (κ2) is 3.87. The van der Waals surface area contributed by atoms with Gasteiger partial charge in [-0.15, -0.1) is 0 Å². The highest BCUT2D eigenvalue weighted by Crippen LogP contribution is 2.30. The molecule has 1 atom stereocenters. The van der Waals surface area contributed by atoms with Gasteiger partial charge >= 0.3 is 5.97 Å². The number of carboxylic acid groups (broad SMARTS) is 1. The van der Waals surface area contributed by atoms with Crippen LogP contribution in [-0.2, 0) is 11.8 Å². The summed E-state index contributed by atoms with van der Waals surface area (Å²) in [5.74, 6) is -1.78. The van der Waals surface area contributed by atoms with Gasteiger partial charge in [-0.3, -0.25) is 4.79 Å².